The van der Waals surface area contributed by atoms with Crippen LogP contribution in [0.3, 0.4) is 0 Å². The van der Waals surface area contributed by atoms with Crippen molar-refractivity contribution in [1.29, 1.82) is 0 Å². The van der Waals surface area contributed by atoms with Crippen LogP contribution in [0.25, 0.3) is 0 Å². The maximum atomic E-state index is 14.4. The van der Waals surface area contributed by atoms with E-state index in [2.05, 4.69) is 70.4 Å². The van der Waals surface area contributed by atoms with Crippen molar-refractivity contribution in [3.05, 3.63) is 40.9 Å². The van der Waals surface area contributed by atoms with Crippen molar-refractivity contribution in [1.82, 2.24) is 4.90 Å². The summed E-state index contributed by atoms with van der Waals surface area (Å²) in [6, 6.07) is 8.07. The number of carbonyl (C=O) groups excluding carboxylic acids is 1. The van der Waals surface area contributed by atoms with E-state index in [4.69, 9.17) is 11.6 Å². The zero-order valence-electron chi connectivity index (χ0n) is 29.2. The van der Waals surface area contributed by atoms with Crippen LogP contribution in [-0.2, 0) is 4.79 Å². The Morgan fingerprint density at radius 3 is 2.24 bits per heavy atom. The number of nitrogens with zero attached hydrogens (tertiary/aromatic N) is 2. The maximum Gasteiger partial charge on any atom is 0.228 e. The number of hydrogen-bond acceptors (Lipinski definition) is 3. The van der Waals surface area contributed by atoms with Crippen LogP contribution in [0.5, 0.6) is 0 Å². The molecule has 248 valence electrons. The van der Waals surface area contributed by atoms with Crippen LogP contribution in [0.2, 0.25) is 5.02 Å². The summed E-state index contributed by atoms with van der Waals surface area (Å²) in [5.41, 5.74) is 3.26. The van der Waals surface area contributed by atoms with Crippen molar-refractivity contribution in [3.8, 4) is 0 Å². The molecule has 4 unspecified atom stereocenters. The Morgan fingerprint density at radius 2 is 1.53 bits per heavy atom. The molecule has 1 aliphatic heterocycles. The van der Waals surface area contributed by atoms with Crippen molar-refractivity contribution in [3.63, 3.8) is 0 Å². The van der Waals surface area contributed by atoms with Crippen molar-refractivity contribution in [2.75, 3.05) is 31.1 Å². The van der Waals surface area contributed by atoms with Gasteiger partial charge in [-0.05, 0) is 116 Å². The molecule has 0 aromatic heterocycles. The number of piperazine rings is 1. The number of benzene rings is 1. The molecule has 6 aliphatic rings. The van der Waals surface area contributed by atoms with Crippen LogP contribution in [0, 0.1) is 50.2 Å². The van der Waals surface area contributed by atoms with Crippen LogP contribution in [0.1, 0.15) is 113 Å². The number of amides is 1. The van der Waals surface area contributed by atoms with E-state index in [1.807, 2.05) is 18.2 Å². The summed E-state index contributed by atoms with van der Waals surface area (Å²) >= 11 is 6.52. The van der Waals surface area contributed by atoms with Crippen molar-refractivity contribution >= 4 is 23.2 Å². The Balaban J connectivity index is 1.15. The SMILES string of the molecule is CC1(C(=O)N2CCN(c3ccccc3Cl)CC2)CC[C@]2(C)CC[C@]3(C)C(=CCC4[C@@]5(C)C(O)CCC(C)(C)C5CC[C@]43C)[C@@H]2C1. The fourth-order valence-electron chi connectivity index (χ4n) is 12.8. The standard InChI is InChI=1S/C40H59ClN2O2/c1-35(2)16-15-33(44)40(7)31(35)14-17-39(6)32(40)13-12-27-28-26-37(4,19-18-36(28,3)20-21-38(27,39)5)34(45)43-24-22-42(23-25-43)30-11-9-8-10-29(30)41/h8-12,28,31-33,44H,13-26H2,1-7H3/t28-,31?,32?,33?,36+,37?,38+,39+,40-/m0/s1. The second kappa shape index (κ2) is 10.5. The summed E-state index contributed by atoms with van der Waals surface area (Å²) in [7, 11) is 0. The Bertz CT molecular complexity index is 1380. The minimum atomic E-state index is -0.319. The average Bonchev–Trinajstić information content (AvgIpc) is 3.00. The Morgan fingerprint density at radius 1 is 0.844 bits per heavy atom. The van der Waals surface area contributed by atoms with Gasteiger partial charge < -0.3 is 14.9 Å². The number of para-hydroxylation sites is 1. The van der Waals surface area contributed by atoms with Crippen molar-refractivity contribution < 1.29 is 9.90 Å². The summed E-state index contributed by atoms with van der Waals surface area (Å²) in [5, 5.41) is 12.5. The van der Waals surface area contributed by atoms with Crippen LogP contribution < -0.4 is 4.90 Å². The van der Waals surface area contributed by atoms with E-state index >= 15 is 0 Å². The maximum absolute atomic E-state index is 14.4. The third-order valence-electron chi connectivity index (χ3n) is 16.0. The first-order valence-corrected chi connectivity index (χ1v) is 18.6. The van der Waals surface area contributed by atoms with E-state index < -0.39 is 0 Å². The van der Waals surface area contributed by atoms with Gasteiger partial charge in [0.15, 0.2) is 0 Å². The van der Waals surface area contributed by atoms with Crippen LogP contribution >= 0.6 is 11.6 Å². The molecule has 1 saturated heterocycles. The quantitative estimate of drug-likeness (QED) is 0.330. The Hall–Kier alpha value is -1.52. The third kappa shape index (κ3) is 4.49. The molecule has 5 fully saturated rings. The first kappa shape index (κ1) is 32.0. The number of anilines is 1. The fraction of sp³-hybridized carbons (Fsp3) is 0.775. The topological polar surface area (TPSA) is 43.8 Å². The predicted molar refractivity (Wildman–Crippen MR) is 185 cm³/mol. The smallest absolute Gasteiger partial charge is 0.228 e. The predicted octanol–water partition coefficient (Wildman–Crippen LogP) is 9.15. The number of rotatable bonds is 2. The first-order chi connectivity index (χ1) is 21.1. The van der Waals surface area contributed by atoms with Gasteiger partial charge in [-0.3, -0.25) is 4.79 Å². The highest BCUT2D eigenvalue weighted by Gasteiger charge is 2.69. The molecule has 9 atom stereocenters. The van der Waals surface area contributed by atoms with Crippen LogP contribution in [0.4, 0.5) is 5.69 Å². The number of allylic oxidation sites excluding steroid dienone is 2. The van der Waals surface area contributed by atoms with E-state index in [0.29, 0.717) is 23.7 Å². The molecular weight excluding hydrogens is 576 g/mol. The van der Waals surface area contributed by atoms with Crippen molar-refractivity contribution in [2.45, 2.75) is 119 Å². The van der Waals surface area contributed by atoms with Gasteiger partial charge in [0, 0.05) is 37.0 Å². The summed E-state index contributed by atoms with van der Waals surface area (Å²) in [6.45, 7) is 20.7. The molecule has 45 heavy (non-hydrogen) atoms. The van der Waals surface area contributed by atoms with Gasteiger partial charge in [0.1, 0.15) is 0 Å². The van der Waals surface area contributed by atoms with Gasteiger partial charge in [0.2, 0.25) is 5.91 Å². The highest BCUT2D eigenvalue weighted by molar-refractivity contribution is 6.33. The molecule has 1 aromatic rings. The van der Waals surface area contributed by atoms with Gasteiger partial charge in [-0.1, -0.05) is 83.8 Å². The molecule has 0 radical (unpaired) electrons. The largest absolute Gasteiger partial charge is 0.393 e. The summed E-state index contributed by atoms with van der Waals surface area (Å²) in [4.78, 5) is 18.9. The highest BCUT2D eigenvalue weighted by Crippen LogP contribution is 2.75. The zero-order valence-corrected chi connectivity index (χ0v) is 30.0. The second-order valence-electron chi connectivity index (χ2n) is 18.4. The molecular formula is C40H59ClN2O2. The zero-order chi connectivity index (χ0) is 32.2. The lowest BCUT2D eigenvalue weighted by Crippen LogP contribution is -2.66. The summed E-state index contributed by atoms with van der Waals surface area (Å²) < 4.78 is 0. The van der Waals surface area contributed by atoms with Gasteiger partial charge in [-0.25, -0.2) is 0 Å². The second-order valence-corrected chi connectivity index (χ2v) is 18.8. The van der Waals surface area contributed by atoms with Gasteiger partial charge in [0.25, 0.3) is 0 Å². The van der Waals surface area contributed by atoms with Crippen LogP contribution in [-0.4, -0.2) is 48.2 Å². The minimum Gasteiger partial charge on any atom is -0.393 e. The molecule has 1 amide bonds. The van der Waals surface area contributed by atoms with Crippen LogP contribution in [0.15, 0.2) is 35.9 Å². The molecule has 5 heteroatoms. The number of aliphatic hydroxyl groups excluding tert-OH is 1. The number of hydrogen-bond donors (Lipinski definition) is 1. The normalized spacial score (nSPS) is 45.8. The number of aliphatic hydroxyl groups is 1. The molecule has 1 heterocycles. The number of carbonyl (C=O) groups is 1. The summed E-state index contributed by atoms with van der Waals surface area (Å²) in [6.07, 6.45) is 13.7. The minimum absolute atomic E-state index is 0.0380. The fourth-order valence-corrected chi connectivity index (χ4v) is 13.0. The molecule has 1 N–H and O–H groups in total. The van der Waals surface area contributed by atoms with Gasteiger partial charge in [-0.2, -0.15) is 0 Å². The lowest BCUT2D eigenvalue weighted by Gasteiger charge is -2.71. The number of fused-ring (bicyclic) bond motifs is 7. The van der Waals surface area contributed by atoms with Gasteiger partial charge >= 0.3 is 0 Å². The Labute approximate surface area is 278 Å². The molecule has 0 spiro atoms. The molecule has 4 nitrogen and oxygen atoms in total. The lowest BCUT2D eigenvalue weighted by atomic mass is 9.33. The summed E-state index contributed by atoms with van der Waals surface area (Å²) in [5.74, 6) is 1.91. The average molecular weight is 635 g/mol. The van der Waals surface area contributed by atoms with Gasteiger partial charge in [-0.15, -0.1) is 0 Å². The van der Waals surface area contributed by atoms with Crippen molar-refractivity contribution in [2.24, 2.45) is 50.2 Å². The highest BCUT2D eigenvalue weighted by atomic mass is 35.5. The third-order valence-corrected chi connectivity index (χ3v) is 16.3. The molecule has 7 rings (SSSR count). The van der Waals surface area contributed by atoms with E-state index in [0.717, 1.165) is 75.4 Å². The molecule has 4 saturated carbocycles. The van der Waals surface area contributed by atoms with E-state index in [9.17, 15) is 9.90 Å². The monoisotopic (exact) mass is 634 g/mol. The lowest BCUT2D eigenvalue weighted by molar-refractivity contribution is -0.219. The van der Waals surface area contributed by atoms with E-state index in [1.54, 1.807) is 5.57 Å². The molecule has 1 aromatic carbocycles. The Kier molecular flexibility index (Phi) is 7.47. The molecule has 0 bridgehead atoms. The van der Waals surface area contributed by atoms with E-state index in [-0.39, 0.29) is 38.6 Å². The van der Waals surface area contributed by atoms with Gasteiger partial charge in [0.05, 0.1) is 16.8 Å². The van der Waals surface area contributed by atoms with E-state index in [1.165, 1.54) is 25.7 Å². The first-order valence-electron chi connectivity index (χ1n) is 18.3. The molecule has 5 aliphatic carbocycles. The number of halogens is 1.